The third-order valence-corrected chi connectivity index (χ3v) is 4.70. The number of Topliss-reactive ketones (excluding diaryl/α,β-unsaturated/α-hetero) is 1. The molecule has 1 aliphatic rings. The number of amides is 1. The molecule has 0 radical (unpaired) electrons. The second-order valence-electron chi connectivity index (χ2n) is 5.13. The molecular weight excluding hydrogens is 330 g/mol. The largest absolute Gasteiger partial charge is 0.294 e. The Morgan fingerprint density at radius 3 is 2.58 bits per heavy atom. The molecule has 0 saturated carbocycles. The van der Waals surface area contributed by atoms with Crippen molar-refractivity contribution < 1.29 is 14.5 Å². The minimum Gasteiger partial charge on any atom is -0.294 e. The van der Waals surface area contributed by atoms with Crippen molar-refractivity contribution in [2.24, 2.45) is 0 Å². The molecule has 0 aromatic heterocycles. The summed E-state index contributed by atoms with van der Waals surface area (Å²) in [6.45, 7) is 0. The van der Waals surface area contributed by atoms with Gasteiger partial charge in [0.05, 0.1) is 15.9 Å². The SMILES string of the molecule is O=C(CC1NNC(=O)c2ccccc2S1)c1ccc([N+](=O)[O-])cc1. The van der Waals surface area contributed by atoms with Gasteiger partial charge in [0.25, 0.3) is 11.6 Å². The van der Waals surface area contributed by atoms with E-state index in [2.05, 4.69) is 10.9 Å². The Morgan fingerprint density at radius 1 is 1.17 bits per heavy atom. The first-order chi connectivity index (χ1) is 11.5. The van der Waals surface area contributed by atoms with Crippen molar-refractivity contribution in [2.45, 2.75) is 16.7 Å². The van der Waals surface area contributed by atoms with Gasteiger partial charge in [-0.1, -0.05) is 12.1 Å². The van der Waals surface area contributed by atoms with Crippen LogP contribution in [0.3, 0.4) is 0 Å². The quantitative estimate of drug-likeness (QED) is 0.502. The van der Waals surface area contributed by atoms with E-state index >= 15 is 0 Å². The summed E-state index contributed by atoms with van der Waals surface area (Å²) in [5, 5.41) is 10.3. The van der Waals surface area contributed by atoms with Crippen molar-refractivity contribution >= 4 is 29.1 Å². The Hall–Kier alpha value is -2.71. The lowest BCUT2D eigenvalue weighted by atomic mass is 10.1. The fourth-order valence-electron chi connectivity index (χ4n) is 2.30. The highest BCUT2D eigenvalue weighted by atomic mass is 32.2. The van der Waals surface area contributed by atoms with Gasteiger partial charge in [-0.2, -0.15) is 0 Å². The number of hydrazine groups is 1. The van der Waals surface area contributed by atoms with Crippen molar-refractivity contribution in [3.63, 3.8) is 0 Å². The maximum Gasteiger partial charge on any atom is 0.269 e. The number of nitrogens with zero attached hydrogens (tertiary/aromatic N) is 1. The Kier molecular flexibility index (Phi) is 4.59. The van der Waals surface area contributed by atoms with Crippen LogP contribution in [0.1, 0.15) is 27.1 Å². The zero-order chi connectivity index (χ0) is 17.1. The van der Waals surface area contributed by atoms with E-state index in [1.807, 2.05) is 12.1 Å². The summed E-state index contributed by atoms with van der Waals surface area (Å²) in [6.07, 6.45) is 0.136. The molecule has 7 nitrogen and oxygen atoms in total. The van der Waals surface area contributed by atoms with Gasteiger partial charge in [0, 0.05) is 29.0 Å². The molecule has 24 heavy (non-hydrogen) atoms. The Balaban J connectivity index is 1.73. The zero-order valence-electron chi connectivity index (χ0n) is 12.4. The highest BCUT2D eigenvalue weighted by molar-refractivity contribution is 8.00. The van der Waals surface area contributed by atoms with E-state index in [-0.39, 0.29) is 29.2 Å². The van der Waals surface area contributed by atoms with Crippen LogP contribution in [0.15, 0.2) is 53.4 Å². The second-order valence-corrected chi connectivity index (χ2v) is 6.38. The highest BCUT2D eigenvalue weighted by Crippen LogP contribution is 2.29. The summed E-state index contributed by atoms with van der Waals surface area (Å²) in [5.74, 6) is -0.410. The van der Waals surface area contributed by atoms with E-state index in [9.17, 15) is 19.7 Å². The van der Waals surface area contributed by atoms with Gasteiger partial charge in [-0.3, -0.25) is 25.1 Å². The molecule has 1 heterocycles. The lowest BCUT2D eigenvalue weighted by Gasteiger charge is -2.14. The first-order valence-electron chi connectivity index (χ1n) is 7.14. The molecule has 2 N–H and O–H groups in total. The van der Waals surface area contributed by atoms with Crippen molar-refractivity contribution in [1.29, 1.82) is 0 Å². The van der Waals surface area contributed by atoms with Crippen molar-refractivity contribution in [1.82, 2.24) is 10.9 Å². The monoisotopic (exact) mass is 343 g/mol. The lowest BCUT2D eigenvalue weighted by Crippen LogP contribution is -2.41. The van der Waals surface area contributed by atoms with Crippen molar-refractivity contribution in [3.05, 3.63) is 69.8 Å². The van der Waals surface area contributed by atoms with Crippen LogP contribution in [0.5, 0.6) is 0 Å². The van der Waals surface area contributed by atoms with E-state index in [1.54, 1.807) is 12.1 Å². The Bertz CT molecular complexity index is 807. The van der Waals surface area contributed by atoms with E-state index in [0.29, 0.717) is 11.1 Å². The van der Waals surface area contributed by atoms with Gasteiger partial charge < -0.3 is 0 Å². The topological polar surface area (TPSA) is 101 Å². The lowest BCUT2D eigenvalue weighted by molar-refractivity contribution is -0.384. The molecule has 0 spiro atoms. The number of non-ortho nitro benzene ring substituents is 1. The second kappa shape index (κ2) is 6.81. The van der Waals surface area contributed by atoms with Gasteiger partial charge in [-0.15, -0.1) is 11.8 Å². The molecule has 122 valence electrons. The highest BCUT2D eigenvalue weighted by Gasteiger charge is 2.23. The normalized spacial score (nSPS) is 16.7. The number of nitro groups is 1. The molecule has 3 rings (SSSR count). The average Bonchev–Trinajstić information content (AvgIpc) is 2.74. The van der Waals surface area contributed by atoms with E-state index in [0.717, 1.165) is 4.90 Å². The molecule has 0 bridgehead atoms. The summed E-state index contributed by atoms with van der Waals surface area (Å²) in [5.41, 5.74) is 6.31. The molecule has 0 saturated heterocycles. The number of rotatable bonds is 4. The molecule has 1 amide bonds. The first-order valence-corrected chi connectivity index (χ1v) is 8.02. The summed E-state index contributed by atoms with van der Waals surface area (Å²) in [6, 6.07) is 12.6. The average molecular weight is 343 g/mol. The fraction of sp³-hybridized carbons (Fsp3) is 0.125. The van der Waals surface area contributed by atoms with E-state index in [1.165, 1.54) is 36.0 Å². The predicted octanol–water partition coefficient (Wildman–Crippen LogP) is 2.53. The summed E-state index contributed by atoms with van der Waals surface area (Å²) >= 11 is 1.39. The summed E-state index contributed by atoms with van der Waals surface area (Å²) in [4.78, 5) is 35.3. The van der Waals surface area contributed by atoms with Crippen LogP contribution in [-0.2, 0) is 0 Å². The summed E-state index contributed by atoms with van der Waals surface area (Å²) in [7, 11) is 0. The van der Waals surface area contributed by atoms with E-state index < -0.39 is 4.92 Å². The number of benzene rings is 2. The molecule has 8 heteroatoms. The molecule has 0 fully saturated rings. The smallest absolute Gasteiger partial charge is 0.269 e. The summed E-state index contributed by atoms with van der Waals surface area (Å²) < 4.78 is 0. The van der Waals surface area contributed by atoms with Gasteiger partial charge in [0.2, 0.25) is 0 Å². The van der Waals surface area contributed by atoms with Gasteiger partial charge in [0.1, 0.15) is 0 Å². The molecule has 1 unspecified atom stereocenters. The minimum absolute atomic E-state index is 0.0605. The number of fused-ring (bicyclic) bond motifs is 1. The zero-order valence-corrected chi connectivity index (χ0v) is 13.2. The molecule has 1 aliphatic heterocycles. The van der Waals surface area contributed by atoms with Crippen molar-refractivity contribution in [3.8, 4) is 0 Å². The van der Waals surface area contributed by atoms with Gasteiger partial charge in [-0.25, -0.2) is 5.43 Å². The number of hydrogen-bond donors (Lipinski definition) is 2. The number of nitrogens with one attached hydrogen (secondary N) is 2. The first kappa shape index (κ1) is 16.2. The maximum absolute atomic E-state index is 12.4. The van der Waals surface area contributed by atoms with Crippen LogP contribution in [0, 0.1) is 10.1 Å². The number of carbonyl (C=O) groups is 2. The minimum atomic E-state index is -0.510. The van der Waals surface area contributed by atoms with Crippen LogP contribution in [0.4, 0.5) is 5.69 Å². The number of thioether (sulfide) groups is 1. The van der Waals surface area contributed by atoms with Crippen LogP contribution in [0.25, 0.3) is 0 Å². The number of carbonyl (C=O) groups excluding carboxylic acids is 2. The number of nitro benzene ring substituents is 1. The van der Waals surface area contributed by atoms with E-state index in [4.69, 9.17) is 0 Å². The van der Waals surface area contributed by atoms with Crippen LogP contribution < -0.4 is 10.9 Å². The van der Waals surface area contributed by atoms with Crippen LogP contribution >= 0.6 is 11.8 Å². The predicted molar refractivity (Wildman–Crippen MR) is 88.7 cm³/mol. The standard InChI is InChI=1S/C16H13N3O4S/c20-13(10-5-7-11(8-6-10)19(22)23)9-15-17-18-16(21)12-3-1-2-4-14(12)24-15/h1-8,15,17H,9H2,(H,18,21). The Morgan fingerprint density at radius 2 is 1.88 bits per heavy atom. The Labute approximate surface area is 141 Å². The fourth-order valence-corrected chi connectivity index (χ4v) is 3.40. The van der Waals surface area contributed by atoms with Gasteiger partial charge >= 0.3 is 0 Å². The molecule has 2 aromatic rings. The number of hydrogen-bond acceptors (Lipinski definition) is 6. The molecule has 0 aliphatic carbocycles. The third kappa shape index (κ3) is 3.44. The van der Waals surface area contributed by atoms with Crippen LogP contribution in [0.2, 0.25) is 0 Å². The van der Waals surface area contributed by atoms with Crippen molar-refractivity contribution in [2.75, 3.05) is 0 Å². The molecular formula is C16H13N3O4S. The van der Waals surface area contributed by atoms with Gasteiger partial charge in [-0.05, 0) is 24.3 Å². The maximum atomic E-state index is 12.4. The van der Waals surface area contributed by atoms with Crippen LogP contribution in [-0.4, -0.2) is 22.0 Å². The third-order valence-electron chi connectivity index (χ3n) is 3.52. The molecule has 1 atom stereocenters. The molecule has 2 aromatic carbocycles. The number of ketones is 1. The van der Waals surface area contributed by atoms with Gasteiger partial charge in [0.15, 0.2) is 5.78 Å².